The van der Waals surface area contributed by atoms with Gasteiger partial charge in [0.2, 0.25) is 0 Å². The Labute approximate surface area is 129 Å². The SMILES string of the molecule is O=Cc1cnccc1-c1ccccc1OCc1ccccc1. The molecule has 0 aliphatic carbocycles. The van der Waals surface area contributed by atoms with E-state index >= 15 is 0 Å². The van der Waals surface area contributed by atoms with Crippen molar-refractivity contribution >= 4 is 6.29 Å². The van der Waals surface area contributed by atoms with Crippen LogP contribution >= 0.6 is 0 Å². The topological polar surface area (TPSA) is 39.2 Å². The van der Waals surface area contributed by atoms with Gasteiger partial charge in [0.15, 0.2) is 6.29 Å². The maximum atomic E-state index is 11.2. The highest BCUT2D eigenvalue weighted by Gasteiger charge is 2.10. The highest BCUT2D eigenvalue weighted by atomic mass is 16.5. The fourth-order valence-electron chi connectivity index (χ4n) is 2.30. The summed E-state index contributed by atoms with van der Waals surface area (Å²) in [5.41, 5.74) is 3.37. The van der Waals surface area contributed by atoms with Crippen molar-refractivity contribution in [2.75, 3.05) is 0 Å². The van der Waals surface area contributed by atoms with Gasteiger partial charge in [-0.15, -0.1) is 0 Å². The van der Waals surface area contributed by atoms with Gasteiger partial charge in [0.05, 0.1) is 0 Å². The lowest BCUT2D eigenvalue weighted by atomic mass is 10.0. The standard InChI is InChI=1S/C19H15NO2/c21-13-16-12-20-11-10-17(16)18-8-4-5-9-19(18)22-14-15-6-2-1-3-7-15/h1-13H,14H2. The van der Waals surface area contributed by atoms with Crippen LogP contribution in [0.1, 0.15) is 15.9 Å². The summed E-state index contributed by atoms with van der Waals surface area (Å²) in [5, 5.41) is 0. The predicted octanol–water partition coefficient (Wildman–Crippen LogP) is 4.14. The number of aromatic nitrogens is 1. The maximum Gasteiger partial charge on any atom is 0.152 e. The number of nitrogens with zero attached hydrogens (tertiary/aromatic N) is 1. The molecule has 0 radical (unpaired) electrons. The van der Waals surface area contributed by atoms with E-state index in [2.05, 4.69) is 4.98 Å². The second kappa shape index (κ2) is 6.68. The normalized spacial score (nSPS) is 10.2. The zero-order chi connectivity index (χ0) is 15.2. The largest absolute Gasteiger partial charge is 0.488 e. The van der Waals surface area contributed by atoms with E-state index in [1.165, 1.54) is 0 Å². The van der Waals surface area contributed by atoms with Crippen LogP contribution in [0.4, 0.5) is 0 Å². The van der Waals surface area contributed by atoms with E-state index in [-0.39, 0.29) is 0 Å². The van der Waals surface area contributed by atoms with Crippen LogP contribution in [-0.4, -0.2) is 11.3 Å². The molecule has 3 heteroatoms. The van der Waals surface area contributed by atoms with E-state index < -0.39 is 0 Å². The molecule has 22 heavy (non-hydrogen) atoms. The van der Waals surface area contributed by atoms with Gasteiger partial charge in [-0.2, -0.15) is 0 Å². The molecule has 1 aromatic heterocycles. The summed E-state index contributed by atoms with van der Waals surface area (Å²) in [7, 11) is 0. The number of hydrogen-bond donors (Lipinski definition) is 0. The second-order valence-corrected chi connectivity index (χ2v) is 4.85. The fraction of sp³-hybridized carbons (Fsp3) is 0.0526. The smallest absolute Gasteiger partial charge is 0.152 e. The van der Waals surface area contributed by atoms with E-state index in [0.29, 0.717) is 12.2 Å². The number of ether oxygens (including phenoxy) is 1. The predicted molar refractivity (Wildman–Crippen MR) is 85.8 cm³/mol. The van der Waals surface area contributed by atoms with Crippen LogP contribution in [0.5, 0.6) is 5.75 Å². The Morgan fingerprint density at radius 1 is 0.909 bits per heavy atom. The van der Waals surface area contributed by atoms with Crippen LogP contribution < -0.4 is 4.74 Å². The van der Waals surface area contributed by atoms with Gasteiger partial charge in [-0.3, -0.25) is 9.78 Å². The summed E-state index contributed by atoms with van der Waals surface area (Å²) in [4.78, 5) is 15.2. The number of hydrogen-bond acceptors (Lipinski definition) is 3. The van der Waals surface area contributed by atoms with Gasteiger partial charge < -0.3 is 4.74 Å². The Hall–Kier alpha value is -2.94. The molecule has 3 rings (SSSR count). The van der Waals surface area contributed by atoms with E-state index in [1.54, 1.807) is 12.4 Å². The van der Waals surface area contributed by atoms with E-state index in [4.69, 9.17) is 4.74 Å². The molecule has 3 aromatic rings. The average molecular weight is 289 g/mol. The molecule has 0 saturated carbocycles. The van der Waals surface area contributed by atoms with Crippen LogP contribution in [0.3, 0.4) is 0 Å². The van der Waals surface area contributed by atoms with Crippen molar-refractivity contribution in [1.82, 2.24) is 4.98 Å². The van der Waals surface area contributed by atoms with Crippen molar-refractivity contribution in [3.8, 4) is 16.9 Å². The molecule has 108 valence electrons. The van der Waals surface area contributed by atoms with Crippen molar-refractivity contribution in [3.05, 3.63) is 84.2 Å². The molecule has 0 spiro atoms. The third-order valence-electron chi connectivity index (χ3n) is 3.39. The molecule has 3 nitrogen and oxygen atoms in total. The summed E-state index contributed by atoms with van der Waals surface area (Å²) in [6, 6.07) is 19.5. The number of rotatable bonds is 5. The molecule has 1 heterocycles. The fourth-order valence-corrected chi connectivity index (χ4v) is 2.30. The summed E-state index contributed by atoms with van der Waals surface area (Å²) >= 11 is 0. The van der Waals surface area contributed by atoms with Crippen molar-refractivity contribution in [2.24, 2.45) is 0 Å². The molecule has 0 bridgehead atoms. The molecular formula is C19H15NO2. The molecule has 0 aliphatic heterocycles. The van der Waals surface area contributed by atoms with Crippen LogP contribution in [0.2, 0.25) is 0 Å². The minimum absolute atomic E-state index is 0.485. The highest BCUT2D eigenvalue weighted by Crippen LogP contribution is 2.31. The van der Waals surface area contributed by atoms with Gasteiger partial charge >= 0.3 is 0 Å². The Bertz CT molecular complexity index is 769. The number of para-hydroxylation sites is 1. The Morgan fingerprint density at radius 3 is 2.50 bits per heavy atom. The molecule has 2 aromatic carbocycles. The second-order valence-electron chi connectivity index (χ2n) is 4.85. The van der Waals surface area contributed by atoms with Crippen LogP contribution in [0.25, 0.3) is 11.1 Å². The molecular weight excluding hydrogens is 274 g/mol. The number of carbonyl (C=O) groups is 1. The summed E-state index contributed by atoms with van der Waals surface area (Å²) in [6.07, 6.45) is 4.06. The van der Waals surface area contributed by atoms with Crippen LogP contribution in [0.15, 0.2) is 73.1 Å². The third kappa shape index (κ3) is 3.04. The zero-order valence-electron chi connectivity index (χ0n) is 12.0. The molecule has 0 saturated heterocycles. The van der Waals surface area contributed by atoms with Gasteiger partial charge in [-0.1, -0.05) is 48.5 Å². The Balaban J connectivity index is 1.91. The zero-order valence-corrected chi connectivity index (χ0v) is 12.0. The first-order valence-corrected chi connectivity index (χ1v) is 7.04. The van der Waals surface area contributed by atoms with Crippen molar-refractivity contribution in [3.63, 3.8) is 0 Å². The number of benzene rings is 2. The number of carbonyl (C=O) groups excluding carboxylic acids is 1. The third-order valence-corrected chi connectivity index (χ3v) is 3.39. The first kappa shape index (κ1) is 14.0. The lowest BCUT2D eigenvalue weighted by Gasteiger charge is -2.12. The van der Waals surface area contributed by atoms with Crippen LogP contribution in [-0.2, 0) is 6.61 Å². The first-order valence-electron chi connectivity index (χ1n) is 7.04. The number of pyridine rings is 1. The lowest BCUT2D eigenvalue weighted by Crippen LogP contribution is -1.98. The molecule has 0 atom stereocenters. The quantitative estimate of drug-likeness (QED) is 0.663. The minimum Gasteiger partial charge on any atom is -0.488 e. The van der Waals surface area contributed by atoms with Gasteiger partial charge in [0.1, 0.15) is 12.4 Å². The molecule has 0 fully saturated rings. The summed E-state index contributed by atoms with van der Waals surface area (Å²) in [6.45, 7) is 0.485. The Morgan fingerprint density at radius 2 is 1.68 bits per heavy atom. The minimum atomic E-state index is 0.485. The van der Waals surface area contributed by atoms with Crippen molar-refractivity contribution in [1.29, 1.82) is 0 Å². The average Bonchev–Trinajstić information content (AvgIpc) is 2.61. The first-order chi connectivity index (χ1) is 10.9. The monoisotopic (exact) mass is 289 g/mol. The summed E-state index contributed by atoms with van der Waals surface area (Å²) < 4.78 is 5.94. The van der Waals surface area contributed by atoms with Crippen LogP contribution in [0, 0.1) is 0 Å². The highest BCUT2D eigenvalue weighted by molar-refractivity contribution is 5.88. The molecule has 0 unspecified atom stereocenters. The molecule has 0 aliphatic rings. The van der Waals surface area contributed by atoms with E-state index in [0.717, 1.165) is 28.7 Å². The van der Waals surface area contributed by atoms with Gasteiger partial charge in [0, 0.05) is 23.5 Å². The molecule has 0 N–H and O–H groups in total. The van der Waals surface area contributed by atoms with Gasteiger partial charge in [0.25, 0.3) is 0 Å². The summed E-state index contributed by atoms with van der Waals surface area (Å²) in [5.74, 6) is 0.751. The molecule has 0 amide bonds. The van der Waals surface area contributed by atoms with E-state index in [9.17, 15) is 4.79 Å². The number of aldehydes is 1. The maximum absolute atomic E-state index is 11.2. The lowest BCUT2D eigenvalue weighted by molar-refractivity contribution is 0.112. The van der Waals surface area contributed by atoms with Gasteiger partial charge in [-0.05, 0) is 23.3 Å². The Kier molecular flexibility index (Phi) is 4.25. The van der Waals surface area contributed by atoms with Gasteiger partial charge in [-0.25, -0.2) is 0 Å². The van der Waals surface area contributed by atoms with Crippen molar-refractivity contribution < 1.29 is 9.53 Å². The van der Waals surface area contributed by atoms with E-state index in [1.807, 2.05) is 60.7 Å². The van der Waals surface area contributed by atoms with Crippen molar-refractivity contribution in [2.45, 2.75) is 6.61 Å².